The lowest BCUT2D eigenvalue weighted by Crippen LogP contribution is -2.24. The number of benzene rings is 2. The summed E-state index contributed by atoms with van der Waals surface area (Å²) >= 11 is 0. The van der Waals surface area contributed by atoms with Crippen molar-refractivity contribution in [1.29, 1.82) is 0 Å². The van der Waals surface area contributed by atoms with E-state index >= 15 is 0 Å². The molecule has 3 aromatic rings. The van der Waals surface area contributed by atoms with Crippen LogP contribution in [0.25, 0.3) is 0 Å². The standard InChI is InChI=1S/C21H19FN2O6S/c1-14-7-8-16(11-19(14)22)24-20(25)13-30-21(26)15-4-2-6-18(10-15)31(27,28)23-12-17-5-3-9-29-17/h2-11,23H,12-13H2,1H3,(H,24,25). The molecule has 0 aliphatic carbocycles. The number of carbonyl (C=O) groups is 2. The van der Waals surface area contributed by atoms with Gasteiger partial charge in [-0.1, -0.05) is 12.1 Å². The van der Waals surface area contributed by atoms with Gasteiger partial charge in [-0.3, -0.25) is 4.79 Å². The molecular weight excluding hydrogens is 427 g/mol. The van der Waals surface area contributed by atoms with Crippen LogP contribution in [-0.2, 0) is 26.1 Å². The Morgan fingerprint density at radius 3 is 2.61 bits per heavy atom. The second-order valence-corrected chi connectivity index (χ2v) is 8.29. The lowest BCUT2D eigenvalue weighted by Gasteiger charge is -2.09. The second-order valence-electron chi connectivity index (χ2n) is 6.52. The first-order valence-corrected chi connectivity index (χ1v) is 10.6. The van der Waals surface area contributed by atoms with Crippen LogP contribution in [0.1, 0.15) is 21.7 Å². The van der Waals surface area contributed by atoms with Gasteiger partial charge in [-0.15, -0.1) is 0 Å². The Labute approximate surface area is 178 Å². The number of halogens is 1. The number of hydrogen-bond acceptors (Lipinski definition) is 6. The minimum absolute atomic E-state index is 0.0462. The van der Waals surface area contributed by atoms with Gasteiger partial charge in [-0.2, -0.15) is 0 Å². The van der Waals surface area contributed by atoms with Gasteiger partial charge in [0, 0.05) is 5.69 Å². The van der Waals surface area contributed by atoms with Gasteiger partial charge in [-0.05, 0) is 55.0 Å². The van der Waals surface area contributed by atoms with Crippen molar-refractivity contribution in [2.75, 3.05) is 11.9 Å². The van der Waals surface area contributed by atoms with Crippen LogP contribution >= 0.6 is 0 Å². The van der Waals surface area contributed by atoms with Gasteiger partial charge in [0.05, 0.1) is 23.3 Å². The van der Waals surface area contributed by atoms with Gasteiger partial charge in [0.2, 0.25) is 10.0 Å². The minimum atomic E-state index is -3.90. The predicted molar refractivity (Wildman–Crippen MR) is 109 cm³/mol. The number of furan rings is 1. The lowest BCUT2D eigenvalue weighted by atomic mass is 10.2. The van der Waals surface area contributed by atoms with E-state index in [4.69, 9.17) is 9.15 Å². The summed E-state index contributed by atoms with van der Waals surface area (Å²) in [5.74, 6) is -1.60. The average Bonchev–Trinajstić information content (AvgIpc) is 3.27. The number of esters is 1. The predicted octanol–water partition coefficient (Wildman–Crippen LogP) is 3.00. The fraction of sp³-hybridized carbons (Fsp3) is 0.143. The third kappa shape index (κ3) is 6.00. The molecular formula is C21H19FN2O6S. The van der Waals surface area contributed by atoms with Gasteiger partial charge < -0.3 is 14.5 Å². The molecule has 0 aliphatic rings. The first-order valence-electron chi connectivity index (χ1n) is 9.10. The SMILES string of the molecule is Cc1ccc(NC(=O)COC(=O)c2cccc(S(=O)(=O)NCc3ccco3)c2)cc1F. The number of ether oxygens (including phenoxy) is 1. The van der Waals surface area contributed by atoms with Crippen LogP contribution in [-0.4, -0.2) is 26.9 Å². The topological polar surface area (TPSA) is 115 Å². The molecule has 0 radical (unpaired) electrons. The molecule has 1 amide bonds. The van der Waals surface area contributed by atoms with E-state index in [0.717, 1.165) is 12.1 Å². The summed E-state index contributed by atoms with van der Waals surface area (Å²) < 4.78 is 50.7. The Kier molecular flexibility index (Phi) is 6.83. The highest BCUT2D eigenvalue weighted by Gasteiger charge is 2.18. The fourth-order valence-electron chi connectivity index (χ4n) is 2.53. The van der Waals surface area contributed by atoms with Crippen molar-refractivity contribution >= 4 is 27.6 Å². The first kappa shape index (κ1) is 22.2. The smallest absolute Gasteiger partial charge is 0.338 e. The fourth-order valence-corrected chi connectivity index (χ4v) is 3.57. The number of aryl methyl sites for hydroxylation is 1. The molecule has 0 unspecified atom stereocenters. The number of anilines is 1. The highest BCUT2D eigenvalue weighted by atomic mass is 32.2. The molecule has 10 heteroatoms. The number of sulfonamides is 1. The molecule has 0 saturated heterocycles. The molecule has 0 saturated carbocycles. The highest BCUT2D eigenvalue weighted by Crippen LogP contribution is 2.15. The molecule has 31 heavy (non-hydrogen) atoms. The second kappa shape index (κ2) is 9.54. The molecule has 2 aromatic carbocycles. The molecule has 162 valence electrons. The number of hydrogen-bond donors (Lipinski definition) is 2. The summed E-state index contributed by atoms with van der Waals surface area (Å²) in [6.45, 7) is 0.912. The van der Waals surface area contributed by atoms with Gasteiger partial charge in [-0.25, -0.2) is 22.3 Å². The number of amides is 1. The van der Waals surface area contributed by atoms with Gasteiger partial charge >= 0.3 is 5.97 Å². The third-order valence-corrected chi connectivity index (χ3v) is 5.59. The molecule has 2 N–H and O–H groups in total. The summed E-state index contributed by atoms with van der Waals surface area (Å²) in [5.41, 5.74) is 0.604. The van der Waals surface area contributed by atoms with Crippen LogP contribution in [0.15, 0.2) is 70.2 Å². The van der Waals surface area contributed by atoms with E-state index in [0.29, 0.717) is 11.3 Å². The minimum Gasteiger partial charge on any atom is -0.468 e. The number of rotatable bonds is 8. The molecule has 0 atom stereocenters. The Morgan fingerprint density at radius 2 is 1.90 bits per heavy atom. The molecule has 1 heterocycles. The normalized spacial score (nSPS) is 11.2. The van der Waals surface area contributed by atoms with Crippen LogP contribution in [0.5, 0.6) is 0 Å². The zero-order chi connectivity index (χ0) is 22.4. The van der Waals surface area contributed by atoms with Crippen molar-refractivity contribution in [1.82, 2.24) is 4.72 Å². The molecule has 0 aliphatic heterocycles. The maximum atomic E-state index is 13.5. The zero-order valence-corrected chi connectivity index (χ0v) is 17.2. The Balaban J connectivity index is 1.59. The van der Waals surface area contributed by atoms with E-state index in [9.17, 15) is 22.4 Å². The summed E-state index contributed by atoms with van der Waals surface area (Å²) in [7, 11) is -3.90. The Hall–Kier alpha value is -3.50. The van der Waals surface area contributed by atoms with Gasteiger partial charge in [0.15, 0.2) is 6.61 Å². The van der Waals surface area contributed by atoms with Gasteiger partial charge in [0.25, 0.3) is 5.91 Å². The average molecular weight is 446 g/mol. The van der Waals surface area contributed by atoms with E-state index in [-0.39, 0.29) is 22.7 Å². The number of carbonyl (C=O) groups excluding carboxylic acids is 2. The van der Waals surface area contributed by atoms with Crippen molar-refractivity contribution in [3.05, 3.63) is 83.6 Å². The summed E-state index contributed by atoms with van der Waals surface area (Å²) in [5, 5.41) is 2.41. The molecule has 0 bridgehead atoms. The van der Waals surface area contributed by atoms with E-state index < -0.39 is 34.3 Å². The van der Waals surface area contributed by atoms with Crippen molar-refractivity contribution < 1.29 is 31.6 Å². The zero-order valence-electron chi connectivity index (χ0n) is 16.4. The lowest BCUT2D eigenvalue weighted by molar-refractivity contribution is -0.119. The van der Waals surface area contributed by atoms with Crippen LogP contribution < -0.4 is 10.0 Å². The largest absolute Gasteiger partial charge is 0.468 e. The van der Waals surface area contributed by atoms with Crippen LogP contribution in [0.3, 0.4) is 0 Å². The van der Waals surface area contributed by atoms with E-state index in [1.165, 1.54) is 36.6 Å². The number of nitrogens with one attached hydrogen (secondary N) is 2. The highest BCUT2D eigenvalue weighted by molar-refractivity contribution is 7.89. The maximum absolute atomic E-state index is 13.5. The quantitative estimate of drug-likeness (QED) is 0.514. The van der Waals surface area contributed by atoms with Crippen molar-refractivity contribution in [2.45, 2.75) is 18.4 Å². The van der Waals surface area contributed by atoms with Crippen molar-refractivity contribution in [2.24, 2.45) is 0 Å². The molecule has 0 fully saturated rings. The van der Waals surface area contributed by atoms with Crippen molar-refractivity contribution in [3.8, 4) is 0 Å². The molecule has 1 aromatic heterocycles. The monoisotopic (exact) mass is 446 g/mol. The summed E-state index contributed by atoms with van der Waals surface area (Å²) in [4.78, 5) is 24.0. The molecule has 8 nitrogen and oxygen atoms in total. The molecule has 0 spiro atoms. The maximum Gasteiger partial charge on any atom is 0.338 e. The van der Waals surface area contributed by atoms with E-state index in [2.05, 4.69) is 10.0 Å². The van der Waals surface area contributed by atoms with E-state index in [1.807, 2.05) is 0 Å². The Bertz CT molecular complexity index is 1190. The van der Waals surface area contributed by atoms with Gasteiger partial charge in [0.1, 0.15) is 11.6 Å². The van der Waals surface area contributed by atoms with Crippen molar-refractivity contribution in [3.63, 3.8) is 0 Å². The third-order valence-electron chi connectivity index (χ3n) is 4.19. The summed E-state index contributed by atoms with van der Waals surface area (Å²) in [6.07, 6.45) is 1.42. The first-order chi connectivity index (χ1) is 14.7. The van der Waals surface area contributed by atoms with Crippen LogP contribution in [0, 0.1) is 12.7 Å². The molecule has 3 rings (SSSR count). The Morgan fingerprint density at radius 1 is 1.10 bits per heavy atom. The summed E-state index contributed by atoms with van der Waals surface area (Å²) in [6, 6.07) is 12.6. The van der Waals surface area contributed by atoms with Crippen LogP contribution in [0.2, 0.25) is 0 Å². The van der Waals surface area contributed by atoms with Crippen LogP contribution in [0.4, 0.5) is 10.1 Å². The van der Waals surface area contributed by atoms with E-state index in [1.54, 1.807) is 19.1 Å².